The summed E-state index contributed by atoms with van der Waals surface area (Å²) in [7, 11) is -1.60. The van der Waals surface area contributed by atoms with E-state index < -0.39 is 37.7 Å². The van der Waals surface area contributed by atoms with Gasteiger partial charge in [-0.05, 0) is 6.07 Å². The summed E-state index contributed by atoms with van der Waals surface area (Å²) in [6, 6.07) is 4.71. The van der Waals surface area contributed by atoms with Gasteiger partial charge in [0.1, 0.15) is 5.75 Å². The standard InChI is InChI=1S/C6H6BNO4.2C6H4NO2.Hg/c9-4-12-6-1-5(7(10)11)2-8-3-6;8-5-9-6-2-1-3-7-4-6;8-6(9)5-2-1-3-7-4-5;/h1-4,10-11H;2-5H;2-4H,(H,8,9);. The molecule has 3 N–H and O–H groups in total. The zero-order valence-electron chi connectivity index (χ0n) is 15.9. The van der Waals surface area contributed by atoms with Gasteiger partial charge in [-0.1, -0.05) is 0 Å². The fraction of sp³-hybridized carbons (Fsp3) is 0. The Morgan fingerprint density at radius 2 is 1.39 bits per heavy atom. The van der Waals surface area contributed by atoms with Crippen LogP contribution < -0.4 is 21.1 Å². The molecular weight excluding hydrogens is 598 g/mol. The number of carbonyl (C=O) groups is 3. The number of carbonyl (C=O) groups excluding carboxylic acids is 2. The second kappa shape index (κ2) is 12.5. The second-order valence-electron chi connectivity index (χ2n) is 5.85. The van der Waals surface area contributed by atoms with Crippen molar-refractivity contribution in [1.29, 1.82) is 0 Å². The second-order valence-corrected chi connectivity index (χ2v) is 13.6. The first-order chi connectivity index (χ1) is 14.9. The van der Waals surface area contributed by atoms with Gasteiger partial charge in [0, 0.05) is 11.7 Å². The third kappa shape index (κ3) is 8.20. The van der Waals surface area contributed by atoms with E-state index in [1.54, 1.807) is 24.5 Å². The number of aromatic carboxylic acids is 1. The van der Waals surface area contributed by atoms with Crippen LogP contribution in [0.2, 0.25) is 0 Å². The van der Waals surface area contributed by atoms with E-state index in [9.17, 15) is 14.4 Å². The van der Waals surface area contributed by atoms with Crippen LogP contribution in [0.5, 0.6) is 11.5 Å². The normalized spacial score (nSPS) is 9.35. The number of hydrogen-bond acceptors (Lipinski definition) is 10. The number of carboxylic acid groups (broad SMARTS) is 1. The Kier molecular flexibility index (Phi) is 9.68. The van der Waals surface area contributed by atoms with Gasteiger partial charge in [0.2, 0.25) is 0 Å². The van der Waals surface area contributed by atoms with E-state index in [-0.39, 0.29) is 23.2 Å². The van der Waals surface area contributed by atoms with Crippen LogP contribution in [0.3, 0.4) is 0 Å². The number of pyridine rings is 3. The van der Waals surface area contributed by atoms with Crippen LogP contribution in [0.1, 0.15) is 10.4 Å². The largest absolute Gasteiger partial charge is 0.490 e. The van der Waals surface area contributed by atoms with Crippen LogP contribution in [0.15, 0.2) is 55.4 Å². The zero-order valence-corrected chi connectivity index (χ0v) is 21.4. The number of nitrogens with zero attached hydrogens (tertiary/aromatic N) is 3. The Labute approximate surface area is 188 Å². The van der Waals surface area contributed by atoms with Crippen molar-refractivity contribution in [3.8, 4) is 11.5 Å². The Morgan fingerprint density at radius 1 is 0.839 bits per heavy atom. The van der Waals surface area contributed by atoms with Gasteiger partial charge in [-0.3, -0.25) is 9.78 Å². The molecule has 0 aliphatic carbocycles. The molecule has 0 bridgehead atoms. The molecule has 0 aliphatic heterocycles. The molecule has 3 aromatic heterocycles. The predicted molar refractivity (Wildman–Crippen MR) is 102 cm³/mol. The summed E-state index contributed by atoms with van der Waals surface area (Å²) < 4.78 is 11.1. The number of hydrogen-bond donors (Lipinski definition) is 3. The van der Waals surface area contributed by atoms with Crippen LogP contribution in [0, 0.1) is 0 Å². The van der Waals surface area contributed by atoms with E-state index in [0.29, 0.717) is 12.2 Å². The van der Waals surface area contributed by atoms with Crippen molar-refractivity contribution in [2.45, 2.75) is 0 Å². The third-order valence-electron chi connectivity index (χ3n) is 3.62. The van der Waals surface area contributed by atoms with Gasteiger partial charge in [0.05, 0.1) is 6.20 Å². The van der Waals surface area contributed by atoms with Crippen molar-refractivity contribution in [2.24, 2.45) is 0 Å². The fourth-order valence-corrected chi connectivity index (χ4v) is 8.11. The maximum Gasteiger partial charge on any atom is 0.490 e. The third-order valence-corrected chi connectivity index (χ3v) is 9.80. The zero-order chi connectivity index (χ0) is 22.6. The first kappa shape index (κ1) is 24.1. The van der Waals surface area contributed by atoms with E-state index in [4.69, 9.17) is 19.9 Å². The van der Waals surface area contributed by atoms with Gasteiger partial charge in [0.15, 0.2) is 0 Å². The Balaban J connectivity index is 0.000000245. The molecule has 0 unspecified atom stereocenters. The van der Waals surface area contributed by atoms with Crippen LogP contribution >= 0.6 is 0 Å². The number of carboxylic acids is 1. The minimum absolute atomic E-state index is 0.175. The molecule has 0 saturated heterocycles. The minimum Gasteiger partial charge on any atom is -0.427 e. The maximum absolute atomic E-state index is 10.9. The molecule has 3 rings (SSSR count). The SMILES string of the molecule is O=COc1cnc[c]([Hg][c]2cncc(C(=O)O)c2)c1.O=COc1cncc(B(O)O)c1. The van der Waals surface area contributed by atoms with Gasteiger partial charge in [0.25, 0.3) is 6.47 Å². The Morgan fingerprint density at radius 3 is 1.97 bits per heavy atom. The van der Waals surface area contributed by atoms with E-state index in [1.807, 2.05) is 0 Å². The summed E-state index contributed by atoms with van der Waals surface area (Å²) >= 11 is -1.73. The van der Waals surface area contributed by atoms with E-state index >= 15 is 0 Å². The molecule has 0 fully saturated rings. The number of aromatic nitrogens is 3. The summed E-state index contributed by atoms with van der Waals surface area (Å²) in [5.41, 5.74) is 0.361. The molecular formula is C18H14BHgN3O8. The van der Waals surface area contributed by atoms with Gasteiger partial charge in [-0.2, -0.15) is 0 Å². The molecule has 3 aromatic rings. The molecule has 0 amide bonds. The van der Waals surface area contributed by atoms with Crippen LogP contribution in [-0.2, 0) is 34.2 Å². The Hall–Kier alpha value is -3.22. The maximum atomic E-state index is 10.9. The molecule has 0 saturated carbocycles. The summed E-state index contributed by atoms with van der Waals surface area (Å²) in [6.45, 7) is 0.592. The van der Waals surface area contributed by atoms with E-state index in [1.165, 1.54) is 30.9 Å². The summed E-state index contributed by atoms with van der Waals surface area (Å²) in [6.07, 6.45) is 8.73. The number of rotatable bonds is 8. The van der Waals surface area contributed by atoms with Gasteiger partial charge >= 0.3 is 128 Å². The molecule has 0 aliphatic rings. The monoisotopic (exact) mass is 613 g/mol. The van der Waals surface area contributed by atoms with Gasteiger partial charge < -0.3 is 14.8 Å². The molecule has 0 aromatic carbocycles. The average Bonchev–Trinajstić information content (AvgIpc) is 2.75. The van der Waals surface area contributed by atoms with Crippen LogP contribution in [0.4, 0.5) is 0 Å². The number of ether oxygens (including phenoxy) is 2. The van der Waals surface area contributed by atoms with Crippen molar-refractivity contribution in [3.63, 3.8) is 0 Å². The molecule has 13 heteroatoms. The molecule has 0 atom stereocenters. The van der Waals surface area contributed by atoms with Crippen molar-refractivity contribution >= 4 is 37.6 Å². The quantitative estimate of drug-likeness (QED) is 0.191. The molecule has 154 valence electrons. The molecule has 0 radical (unpaired) electrons. The average molecular weight is 612 g/mol. The topological polar surface area (TPSA) is 169 Å². The summed E-state index contributed by atoms with van der Waals surface area (Å²) in [4.78, 5) is 42.5. The fourth-order valence-electron chi connectivity index (χ4n) is 2.31. The predicted octanol–water partition coefficient (Wildman–Crippen LogP) is -1.96. The molecule has 0 spiro atoms. The van der Waals surface area contributed by atoms with Crippen LogP contribution in [-0.4, -0.2) is 56.1 Å². The molecule has 3 heterocycles. The summed E-state index contributed by atoms with van der Waals surface area (Å²) in [5, 5.41) is 26.3. The Bertz CT molecular complexity index is 1050. The van der Waals surface area contributed by atoms with Gasteiger partial charge in [-0.25, -0.2) is 0 Å². The summed E-state index contributed by atoms with van der Waals surface area (Å²) in [5.74, 6) is -0.413. The molecule has 11 nitrogen and oxygen atoms in total. The van der Waals surface area contributed by atoms with Crippen molar-refractivity contribution in [1.82, 2.24) is 15.0 Å². The first-order valence-corrected chi connectivity index (χ1v) is 14.1. The van der Waals surface area contributed by atoms with Crippen LogP contribution in [0.25, 0.3) is 0 Å². The van der Waals surface area contributed by atoms with E-state index in [2.05, 4.69) is 19.7 Å². The van der Waals surface area contributed by atoms with Crippen molar-refractivity contribution in [3.05, 3.63) is 60.9 Å². The van der Waals surface area contributed by atoms with Gasteiger partial charge in [-0.15, -0.1) is 0 Å². The minimum atomic E-state index is -1.73. The van der Waals surface area contributed by atoms with Crippen molar-refractivity contribution in [2.75, 3.05) is 0 Å². The van der Waals surface area contributed by atoms with Crippen molar-refractivity contribution < 1.29 is 63.6 Å². The first-order valence-electron chi connectivity index (χ1n) is 8.55. The smallest absolute Gasteiger partial charge is 0.427 e. The molecule has 31 heavy (non-hydrogen) atoms. The van der Waals surface area contributed by atoms with E-state index in [0.717, 1.165) is 6.14 Å².